The standard InChI is InChI=1S/C23H32N2O4.C19H17Cl2NO4.C18H17NO3.C16H17N3O5S/c1-7-16-13-15(3)14-17(8-2)18(16)19-20(26)24-9-11-28-12-10-25(24)21(19)29-22(27)23(4,5)6;1-2-26-19(25)16(21)10-11-9-12(7-8-15(11)20)22-17(23)13-5-3-4-6-14(13)18(22)24;1-2-21-17(20)16-13-18(22-19-16,14-9-5-3-6-10-14)15-11-7-4-8-12-15;1-9-10(15(20)11-8-17-19(2)16(11)21)4-5-13(25(3,22)23)14(9)12-6-7-24-18-12/h13-14H,7-12H2,1-6H3;7-10H,2-6H2,1H3;3-12H,2,13H2,1H3;4-5,8,17H,6-7H2,1-3H3/b;16-10-;;. The molecule has 0 radical (unpaired) electrons. The molecule has 26 heteroatoms. The summed E-state index contributed by atoms with van der Waals surface area (Å²) in [5.41, 5.74) is 8.62. The lowest BCUT2D eigenvalue weighted by molar-refractivity contribution is -0.143. The molecular formula is C76H83Cl2N7O16S. The molecule has 0 atom stereocenters. The van der Waals surface area contributed by atoms with E-state index in [4.69, 9.17) is 51.8 Å². The Kier molecular flexibility index (Phi) is 24.7. The quantitative estimate of drug-likeness (QED) is 0.0407. The highest BCUT2D eigenvalue weighted by molar-refractivity contribution is 7.90. The van der Waals surface area contributed by atoms with Crippen molar-refractivity contribution in [2.24, 2.45) is 22.8 Å². The molecule has 102 heavy (non-hydrogen) atoms. The average molecular weight is 1450 g/mol. The van der Waals surface area contributed by atoms with E-state index in [2.05, 4.69) is 48.3 Å². The van der Waals surface area contributed by atoms with Crippen LogP contribution in [0, 0.1) is 19.3 Å². The summed E-state index contributed by atoms with van der Waals surface area (Å²) in [7, 11) is -2.02. The topological polar surface area (TPSA) is 285 Å². The number of carbonyl (C=O) groups excluding carboxylic acids is 6. The van der Waals surface area contributed by atoms with Crippen molar-refractivity contribution in [2.45, 2.75) is 137 Å². The normalized spacial score (nSPS) is 15.5. The summed E-state index contributed by atoms with van der Waals surface area (Å²) in [6, 6.07) is 31.4. The lowest BCUT2D eigenvalue weighted by Gasteiger charge is -2.27. The Labute approximate surface area is 601 Å². The van der Waals surface area contributed by atoms with Crippen LogP contribution in [0.2, 0.25) is 5.02 Å². The molecule has 7 aromatic rings. The lowest BCUT2D eigenvalue weighted by Crippen LogP contribution is -2.31. The Hall–Kier alpha value is -9.75. The number of H-pyrrole nitrogens is 1. The van der Waals surface area contributed by atoms with Gasteiger partial charge in [0.1, 0.15) is 22.8 Å². The molecular weight excluding hydrogens is 1370 g/mol. The summed E-state index contributed by atoms with van der Waals surface area (Å²) in [5.74, 6) is -2.13. The van der Waals surface area contributed by atoms with Gasteiger partial charge in [-0.05, 0) is 151 Å². The van der Waals surface area contributed by atoms with Gasteiger partial charge in [0.25, 0.3) is 22.9 Å². The van der Waals surface area contributed by atoms with Gasteiger partial charge < -0.3 is 33.7 Å². The first-order valence-corrected chi connectivity index (χ1v) is 36.3. The van der Waals surface area contributed by atoms with Crippen LogP contribution in [0.25, 0.3) is 17.2 Å². The predicted molar refractivity (Wildman–Crippen MR) is 388 cm³/mol. The number of carbonyl (C=O) groups is 6. The first kappa shape index (κ1) is 76.4. The van der Waals surface area contributed by atoms with Crippen molar-refractivity contribution in [1.82, 2.24) is 19.1 Å². The number of sulfone groups is 1. The van der Waals surface area contributed by atoms with Crippen LogP contribution in [0.3, 0.4) is 0 Å². The first-order valence-electron chi connectivity index (χ1n) is 33.7. The van der Waals surface area contributed by atoms with Crippen LogP contribution in [-0.4, -0.2) is 114 Å². The monoisotopic (exact) mass is 1450 g/mol. The highest BCUT2D eigenvalue weighted by Crippen LogP contribution is 2.43. The van der Waals surface area contributed by atoms with Gasteiger partial charge in [0.2, 0.25) is 5.88 Å². The Morgan fingerprint density at radius 1 is 0.716 bits per heavy atom. The Balaban J connectivity index is 0.000000159. The third-order valence-corrected chi connectivity index (χ3v) is 19.3. The number of amides is 2. The summed E-state index contributed by atoms with van der Waals surface area (Å²) in [6.07, 6.45) is 9.29. The van der Waals surface area contributed by atoms with E-state index in [1.807, 2.05) is 81.4 Å². The minimum Gasteiger partial charge on any atom is -0.462 e. The summed E-state index contributed by atoms with van der Waals surface area (Å²) >= 11 is 12.1. The van der Waals surface area contributed by atoms with Gasteiger partial charge >= 0.3 is 17.9 Å². The van der Waals surface area contributed by atoms with Crippen LogP contribution in [-0.2, 0) is 96.3 Å². The third kappa shape index (κ3) is 16.6. The van der Waals surface area contributed by atoms with Crippen molar-refractivity contribution in [1.29, 1.82) is 0 Å². The molecule has 23 nitrogen and oxygen atoms in total. The number of halogens is 2. The number of aromatic nitrogens is 4. The number of ether oxygens (including phenoxy) is 4. The Morgan fingerprint density at radius 2 is 1.31 bits per heavy atom. The highest BCUT2D eigenvalue weighted by atomic mass is 35.5. The smallest absolute Gasteiger partial charge is 0.356 e. The van der Waals surface area contributed by atoms with Gasteiger partial charge in [-0.15, -0.1) is 0 Å². The second-order valence-corrected chi connectivity index (χ2v) is 28.4. The van der Waals surface area contributed by atoms with E-state index in [0.29, 0.717) is 127 Å². The maximum Gasteiger partial charge on any atom is 0.356 e. The van der Waals surface area contributed by atoms with Gasteiger partial charge in [-0.1, -0.05) is 126 Å². The van der Waals surface area contributed by atoms with Crippen molar-refractivity contribution in [3.05, 3.63) is 207 Å². The van der Waals surface area contributed by atoms with Crippen LogP contribution in [0.15, 0.2) is 150 Å². The zero-order valence-electron chi connectivity index (χ0n) is 59.0. The fourth-order valence-corrected chi connectivity index (χ4v) is 13.7. The SMILES string of the molecule is CCOC(=O)/C(Cl)=C/c1cc(N2C(=O)C3=C(CCCC3)C2=O)ccc1Cl.CCOC(=O)C1=NOC(c2ccccc2)(c2ccccc2)C1.CCc1cc(C)cc(CC)c1-c1c(OC(=O)C(C)(C)C)n2n(c1=O)CCOCC2.Cc1c(C(=O)c2c[nH]n(C)c2=O)ccc(S(C)(=O)=O)c1C1=NOCC1. The summed E-state index contributed by atoms with van der Waals surface area (Å²) in [6.45, 7) is 19.5. The Bertz CT molecular complexity index is 4670. The van der Waals surface area contributed by atoms with Crippen LogP contribution >= 0.6 is 23.2 Å². The number of nitrogens with one attached hydrogen (secondary N) is 1. The molecule has 0 bridgehead atoms. The molecule has 0 saturated carbocycles. The van der Waals surface area contributed by atoms with Crippen LogP contribution in [0.1, 0.15) is 147 Å². The number of rotatable bonds is 16. The molecule has 1 N–H and O–H groups in total. The molecule has 0 saturated heterocycles. The second-order valence-electron chi connectivity index (χ2n) is 25.6. The van der Waals surface area contributed by atoms with E-state index < -0.39 is 44.1 Å². The van der Waals surface area contributed by atoms with E-state index in [0.717, 1.165) is 59.8 Å². The molecule has 6 heterocycles. The molecule has 12 rings (SSSR count). The molecule has 2 aromatic heterocycles. The zero-order valence-corrected chi connectivity index (χ0v) is 61.3. The minimum absolute atomic E-state index is 0.00623. The van der Waals surface area contributed by atoms with E-state index in [1.165, 1.54) is 46.6 Å². The number of aromatic amines is 1. The number of oxime groups is 2. The first-order chi connectivity index (χ1) is 48.6. The van der Waals surface area contributed by atoms with Crippen LogP contribution < -0.4 is 20.8 Å². The Morgan fingerprint density at radius 3 is 1.84 bits per heavy atom. The number of anilines is 1. The molecule has 5 aliphatic rings. The van der Waals surface area contributed by atoms with Crippen molar-refractivity contribution < 1.29 is 65.8 Å². The van der Waals surface area contributed by atoms with Crippen LogP contribution in [0.4, 0.5) is 5.69 Å². The van der Waals surface area contributed by atoms with Gasteiger partial charge in [-0.2, -0.15) is 0 Å². The number of aryl methyl sites for hydroxylation is 4. The van der Waals surface area contributed by atoms with Crippen molar-refractivity contribution in [3.63, 3.8) is 0 Å². The minimum atomic E-state index is -3.52. The lowest BCUT2D eigenvalue weighted by atomic mass is 9.82. The zero-order chi connectivity index (χ0) is 74.0. The number of hydrogen-bond donors (Lipinski definition) is 1. The number of esters is 3. The van der Waals surface area contributed by atoms with Crippen molar-refractivity contribution in [3.8, 4) is 17.0 Å². The molecule has 538 valence electrons. The van der Waals surface area contributed by atoms with E-state index >= 15 is 0 Å². The van der Waals surface area contributed by atoms with Gasteiger partial charge in [0, 0.05) is 64.3 Å². The van der Waals surface area contributed by atoms with E-state index in [-0.39, 0.29) is 51.0 Å². The molecule has 4 aliphatic heterocycles. The molecule has 0 fully saturated rings. The third-order valence-electron chi connectivity index (χ3n) is 17.6. The maximum absolute atomic E-state index is 13.5. The largest absolute Gasteiger partial charge is 0.462 e. The van der Waals surface area contributed by atoms with E-state index in [9.17, 15) is 46.8 Å². The fraction of sp³-hybridized carbons (Fsp3) is 0.368. The summed E-state index contributed by atoms with van der Waals surface area (Å²) < 4.78 is 50.2. The number of imide groups is 1. The predicted octanol–water partition coefficient (Wildman–Crippen LogP) is 12.0. The second kappa shape index (κ2) is 32.9. The molecule has 0 spiro atoms. The number of fused-ring (bicyclic) bond motifs is 1. The van der Waals surface area contributed by atoms with Gasteiger partial charge in [-0.25, -0.2) is 32.3 Å². The molecule has 2 amide bonds. The van der Waals surface area contributed by atoms with E-state index in [1.54, 1.807) is 48.3 Å². The van der Waals surface area contributed by atoms with Crippen molar-refractivity contribution >= 4 is 91.7 Å². The molecule has 0 unspecified atom stereocenters. The van der Waals surface area contributed by atoms with Gasteiger partial charge in [0.15, 0.2) is 26.9 Å². The van der Waals surface area contributed by atoms with Crippen molar-refractivity contribution in [2.75, 3.05) is 44.2 Å². The number of benzene rings is 5. The molecule has 5 aromatic carbocycles. The number of nitrogens with zero attached hydrogens (tertiary/aromatic N) is 6. The highest BCUT2D eigenvalue weighted by Gasteiger charge is 2.45. The van der Waals surface area contributed by atoms with Crippen LogP contribution in [0.5, 0.6) is 5.88 Å². The summed E-state index contributed by atoms with van der Waals surface area (Å²) in [5, 5.41) is 10.8. The maximum atomic E-state index is 13.5. The number of ketones is 1. The fourth-order valence-electron chi connectivity index (χ4n) is 12.4. The van der Waals surface area contributed by atoms with Gasteiger partial charge in [0.05, 0.1) is 67.6 Å². The number of hydrogen-bond acceptors (Lipinski definition) is 18. The molecule has 1 aliphatic carbocycles. The van der Waals surface area contributed by atoms with Gasteiger partial charge in [-0.3, -0.25) is 33.4 Å². The summed E-state index contributed by atoms with van der Waals surface area (Å²) in [4.78, 5) is 112. The average Bonchev–Trinajstić information content (AvgIpc) is 1.54.